The fourth-order valence-corrected chi connectivity index (χ4v) is 2.81. The largest absolute Gasteiger partial charge is 0.496 e. The molecule has 1 aliphatic heterocycles. The Bertz CT molecular complexity index is 704. The number of carbonyl (C=O) groups is 1. The third-order valence-electron chi connectivity index (χ3n) is 4.14. The molecule has 0 spiro atoms. The molecule has 1 aromatic heterocycles. The number of amides is 1. The van der Waals surface area contributed by atoms with Gasteiger partial charge in [0, 0.05) is 31.9 Å². The summed E-state index contributed by atoms with van der Waals surface area (Å²) in [4.78, 5) is 22.6. The Balaban J connectivity index is 1.65. The predicted octanol–water partition coefficient (Wildman–Crippen LogP) is 1.33. The van der Waals surface area contributed by atoms with E-state index in [1.807, 2.05) is 31.3 Å². The standard InChI is InChI=1S/C17H20N4O2/c1-21(8-7-12-5-3-4-6-15(12)23-2)17(22)16-13-9-18-11-20-14(13)10-19-16/h3-6,9,11,16,19H,7-8,10H2,1-2H3. The van der Waals surface area contributed by atoms with E-state index in [0.29, 0.717) is 13.1 Å². The number of hydrogen-bond acceptors (Lipinski definition) is 5. The van der Waals surface area contributed by atoms with Crippen LogP contribution in [0.4, 0.5) is 0 Å². The smallest absolute Gasteiger partial charge is 0.244 e. The zero-order valence-corrected chi connectivity index (χ0v) is 13.3. The number of nitrogens with one attached hydrogen (secondary N) is 1. The van der Waals surface area contributed by atoms with Crippen molar-refractivity contribution in [2.45, 2.75) is 19.0 Å². The molecular weight excluding hydrogens is 292 g/mol. The second kappa shape index (κ2) is 6.75. The van der Waals surface area contributed by atoms with E-state index in [1.54, 1.807) is 18.2 Å². The van der Waals surface area contributed by atoms with E-state index in [-0.39, 0.29) is 11.9 Å². The van der Waals surface area contributed by atoms with Gasteiger partial charge >= 0.3 is 0 Å². The molecule has 0 radical (unpaired) electrons. The van der Waals surface area contributed by atoms with Crippen molar-refractivity contribution in [3.05, 3.63) is 53.6 Å². The van der Waals surface area contributed by atoms with Crippen LogP contribution in [0, 0.1) is 0 Å². The van der Waals surface area contributed by atoms with E-state index in [1.165, 1.54) is 6.33 Å². The van der Waals surface area contributed by atoms with Crippen LogP contribution < -0.4 is 10.1 Å². The molecule has 0 saturated heterocycles. The first-order valence-electron chi connectivity index (χ1n) is 7.59. The third kappa shape index (κ3) is 3.17. The number of likely N-dealkylation sites (N-methyl/N-ethyl adjacent to an activating group) is 1. The van der Waals surface area contributed by atoms with Crippen molar-refractivity contribution in [2.24, 2.45) is 0 Å². The SMILES string of the molecule is COc1ccccc1CCN(C)C(=O)C1NCc2ncncc21. The van der Waals surface area contributed by atoms with Crippen LogP contribution in [-0.2, 0) is 17.8 Å². The van der Waals surface area contributed by atoms with Crippen molar-refractivity contribution < 1.29 is 9.53 Å². The van der Waals surface area contributed by atoms with Crippen LogP contribution >= 0.6 is 0 Å². The molecule has 0 bridgehead atoms. The van der Waals surface area contributed by atoms with Crippen molar-refractivity contribution >= 4 is 5.91 Å². The maximum Gasteiger partial charge on any atom is 0.244 e. The Morgan fingerprint density at radius 2 is 2.26 bits per heavy atom. The molecule has 1 atom stereocenters. The van der Waals surface area contributed by atoms with Crippen molar-refractivity contribution in [2.75, 3.05) is 20.7 Å². The summed E-state index contributed by atoms with van der Waals surface area (Å²) in [6, 6.07) is 7.52. The summed E-state index contributed by atoms with van der Waals surface area (Å²) in [6.45, 7) is 1.23. The fourth-order valence-electron chi connectivity index (χ4n) is 2.81. The number of ether oxygens (including phenoxy) is 1. The van der Waals surface area contributed by atoms with Gasteiger partial charge in [0.25, 0.3) is 0 Å². The Kier molecular flexibility index (Phi) is 4.52. The number of aromatic nitrogens is 2. The van der Waals surface area contributed by atoms with Crippen LogP contribution in [0.2, 0.25) is 0 Å². The summed E-state index contributed by atoms with van der Waals surface area (Å²) in [7, 11) is 3.48. The second-order valence-corrected chi connectivity index (χ2v) is 5.56. The summed E-state index contributed by atoms with van der Waals surface area (Å²) in [5, 5.41) is 3.21. The van der Waals surface area contributed by atoms with E-state index in [2.05, 4.69) is 15.3 Å². The highest BCUT2D eigenvalue weighted by molar-refractivity contribution is 5.84. The Labute approximate surface area is 135 Å². The van der Waals surface area contributed by atoms with E-state index in [0.717, 1.165) is 29.0 Å². The van der Waals surface area contributed by atoms with Crippen LogP contribution in [0.5, 0.6) is 5.75 Å². The molecule has 120 valence electrons. The summed E-state index contributed by atoms with van der Waals surface area (Å²) in [5.41, 5.74) is 2.87. The minimum atomic E-state index is -0.353. The highest BCUT2D eigenvalue weighted by Crippen LogP contribution is 2.24. The first kappa shape index (κ1) is 15.4. The third-order valence-corrected chi connectivity index (χ3v) is 4.14. The normalized spacial score (nSPS) is 16.0. The molecule has 0 fully saturated rings. The van der Waals surface area contributed by atoms with Crippen LogP contribution in [0.3, 0.4) is 0 Å². The van der Waals surface area contributed by atoms with Crippen molar-refractivity contribution in [3.63, 3.8) is 0 Å². The predicted molar refractivity (Wildman–Crippen MR) is 85.9 cm³/mol. The summed E-state index contributed by atoms with van der Waals surface area (Å²) in [5.74, 6) is 0.888. The molecule has 1 N–H and O–H groups in total. The molecule has 2 aromatic rings. The minimum absolute atomic E-state index is 0.0356. The lowest BCUT2D eigenvalue weighted by molar-refractivity contribution is -0.132. The van der Waals surface area contributed by atoms with Crippen LogP contribution in [0.1, 0.15) is 22.9 Å². The molecule has 1 unspecified atom stereocenters. The molecule has 0 aliphatic carbocycles. The zero-order chi connectivity index (χ0) is 16.2. The van der Waals surface area contributed by atoms with E-state index in [9.17, 15) is 4.79 Å². The van der Waals surface area contributed by atoms with E-state index >= 15 is 0 Å². The lowest BCUT2D eigenvalue weighted by Crippen LogP contribution is -2.37. The first-order chi connectivity index (χ1) is 11.2. The average Bonchev–Trinajstić information content (AvgIpc) is 3.03. The summed E-state index contributed by atoms with van der Waals surface area (Å²) in [6.07, 6.45) is 3.98. The van der Waals surface area contributed by atoms with Crippen LogP contribution in [0.15, 0.2) is 36.8 Å². The van der Waals surface area contributed by atoms with Gasteiger partial charge in [-0.3, -0.25) is 10.1 Å². The summed E-state index contributed by atoms with van der Waals surface area (Å²) >= 11 is 0. The number of nitrogens with zero attached hydrogens (tertiary/aromatic N) is 3. The average molecular weight is 312 g/mol. The molecule has 0 saturated carbocycles. The highest BCUT2D eigenvalue weighted by Gasteiger charge is 2.31. The number of rotatable bonds is 5. The highest BCUT2D eigenvalue weighted by atomic mass is 16.5. The first-order valence-corrected chi connectivity index (χ1v) is 7.59. The van der Waals surface area contributed by atoms with Gasteiger partial charge in [0.2, 0.25) is 5.91 Å². The lowest BCUT2D eigenvalue weighted by Gasteiger charge is -2.22. The Hall–Kier alpha value is -2.47. The fraction of sp³-hybridized carbons (Fsp3) is 0.353. The maximum atomic E-state index is 12.7. The van der Waals surface area contributed by atoms with Gasteiger partial charge < -0.3 is 9.64 Å². The molecule has 1 amide bonds. The van der Waals surface area contributed by atoms with E-state index < -0.39 is 0 Å². The topological polar surface area (TPSA) is 67.3 Å². The molecule has 3 rings (SSSR count). The van der Waals surface area contributed by atoms with E-state index in [4.69, 9.17) is 4.74 Å². The van der Waals surface area contributed by atoms with Crippen molar-refractivity contribution in [1.82, 2.24) is 20.2 Å². The van der Waals surface area contributed by atoms with Gasteiger partial charge in [-0.05, 0) is 18.1 Å². The minimum Gasteiger partial charge on any atom is -0.496 e. The maximum absolute atomic E-state index is 12.7. The van der Waals surface area contributed by atoms with Crippen molar-refractivity contribution in [3.8, 4) is 5.75 Å². The number of para-hydroxylation sites is 1. The second-order valence-electron chi connectivity index (χ2n) is 5.56. The van der Waals surface area contributed by atoms with Gasteiger partial charge in [-0.2, -0.15) is 0 Å². The lowest BCUT2D eigenvalue weighted by atomic mass is 10.1. The van der Waals surface area contributed by atoms with Crippen LogP contribution in [-0.4, -0.2) is 41.5 Å². The number of benzene rings is 1. The number of fused-ring (bicyclic) bond motifs is 1. The van der Waals surface area contributed by atoms with Gasteiger partial charge in [-0.25, -0.2) is 9.97 Å². The Morgan fingerprint density at radius 1 is 1.43 bits per heavy atom. The van der Waals surface area contributed by atoms with Crippen LogP contribution in [0.25, 0.3) is 0 Å². The monoisotopic (exact) mass is 312 g/mol. The Morgan fingerprint density at radius 3 is 3.09 bits per heavy atom. The molecular formula is C17H20N4O2. The molecule has 1 aromatic carbocycles. The molecule has 1 aliphatic rings. The number of methoxy groups -OCH3 is 1. The summed E-state index contributed by atoms with van der Waals surface area (Å²) < 4.78 is 5.35. The molecule has 6 heteroatoms. The van der Waals surface area contributed by atoms with Gasteiger partial charge in [0.1, 0.15) is 18.1 Å². The quantitative estimate of drug-likeness (QED) is 0.902. The number of carbonyl (C=O) groups excluding carboxylic acids is 1. The van der Waals surface area contributed by atoms with Gasteiger partial charge in [0.05, 0.1) is 12.8 Å². The van der Waals surface area contributed by atoms with Gasteiger partial charge in [-0.15, -0.1) is 0 Å². The van der Waals surface area contributed by atoms with Gasteiger partial charge in [0.15, 0.2) is 0 Å². The molecule has 6 nitrogen and oxygen atoms in total. The number of hydrogen-bond donors (Lipinski definition) is 1. The zero-order valence-electron chi connectivity index (χ0n) is 13.3. The molecule has 23 heavy (non-hydrogen) atoms. The molecule has 2 heterocycles. The van der Waals surface area contributed by atoms with Crippen molar-refractivity contribution in [1.29, 1.82) is 0 Å². The van der Waals surface area contributed by atoms with Gasteiger partial charge in [-0.1, -0.05) is 18.2 Å².